The van der Waals surface area contributed by atoms with Crippen LogP contribution in [0.2, 0.25) is 0 Å². The number of hydrogen-bond acceptors (Lipinski definition) is 4. The first-order chi connectivity index (χ1) is 10.8. The van der Waals surface area contributed by atoms with Crippen LogP contribution in [0.3, 0.4) is 0 Å². The number of anilines is 1. The van der Waals surface area contributed by atoms with Crippen LogP contribution in [0.25, 0.3) is 0 Å². The van der Waals surface area contributed by atoms with Crippen LogP contribution in [-0.2, 0) is 0 Å². The molecule has 0 atom stereocenters. The number of carbonyl (C=O) groups is 1. The first-order valence-corrected chi connectivity index (χ1v) is 8.64. The summed E-state index contributed by atoms with van der Waals surface area (Å²) in [6, 6.07) is 3.76. The summed E-state index contributed by atoms with van der Waals surface area (Å²) in [4.78, 5) is 16.6. The second-order valence-electron chi connectivity index (χ2n) is 5.97. The third-order valence-corrected chi connectivity index (χ3v) is 4.07. The van der Waals surface area contributed by atoms with E-state index < -0.39 is 0 Å². The quantitative estimate of drug-likeness (QED) is 0.810. The number of carbonyl (C=O) groups excluding carboxylic acids is 1. The van der Waals surface area contributed by atoms with Gasteiger partial charge in [0.15, 0.2) is 11.5 Å². The van der Waals surface area contributed by atoms with Crippen molar-refractivity contribution in [1.82, 2.24) is 15.1 Å². The van der Waals surface area contributed by atoms with Crippen LogP contribution in [0.15, 0.2) is 12.1 Å². The molecule has 2 rings (SSSR count). The maximum atomic E-state index is 12.5. The molecule has 1 aromatic rings. The number of nitrogens with zero attached hydrogens (tertiary/aromatic N) is 4. The van der Waals surface area contributed by atoms with E-state index >= 15 is 0 Å². The lowest BCUT2D eigenvalue weighted by molar-refractivity contribution is 0.0754. The predicted octanol–water partition coefficient (Wildman–Crippen LogP) is 3.12. The van der Waals surface area contributed by atoms with E-state index in [2.05, 4.69) is 28.9 Å². The molecule has 1 aliphatic rings. The number of rotatable bonds is 6. The standard InChI is InChI=1S/C17H28N4O/c1-3-11-20(12-4-2)16-10-9-15(18-19-16)17(22)21-13-7-5-6-8-14-21/h9-10H,3-8,11-14H2,1-2H3. The molecule has 22 heavy (non-hydrogen) atoms. The second kappa shape index (κ2) is 8.71. The van der Waals surface area contributed by atoms with Gasteiger partial charge in [-0.3, -0.25) is 4.79 Å². The fourth-order valence-electron chi connectivity index (χ4n) is 2.92. The molecule has 0 N–H and O–H groups in total. The molecule has 1 aliphatic heterocycles. The molecule has 0 bridgehead atoms. The number of aromatic nitrogens is 2. The van der Waals surface area contributed by atoms with Gasteiger partial charge in [0.2, 0.25) is 0 Å². The summed E-state index contributed by atoms with van der Waals surface area (Å²) >= 11 is 0. The number of amides is 1. The summed E-state index contributed by atoms with van der Waals surface area (Å²) in [6.07, 6.45) is 6.79. The minimum atomic E-state index is 0.0264. The molecule has 122 valence electrons. The fourth-order valence-corrected chi connectivity index (χ4v) is 2.92. The molecule has 5 heteroatoms. The van der Waals surface area contributed by atoms with Crippen LogP contribution in [0, 0.1) is 0 Å². The lowest BCUT2D eigenvalue weighted by atomic mass is 10.2. The topological polar surface area (TPSA) is 49.3 Å². The van der Waals surface area contributed by atoms with Crippen molar-refractivity contribution >= 4 is 11.7 Å². The Kier molecular flexibility index (Phi) is 6.62. The monoisotopic (exact) mass is 304 g/mol. The minimum absolute atomic E-state index is 0.0264. The molecule has 0 saturated carbocycles. The van der Waals surface area contributed by atoms with Gasteiger partial charge in [-0.2, -0.15) is 0 Å². The molecule has 5 nitrogen and oxygen atoms in total. The molecule has 1 fully saturated rings. The van der Waals surface area contributed by atoms with Crippen molar-refractivity contribution in [2.75, 3.05) is 31.1 Å². The van der Waals surface area contributed by atoms with Crippen LogP contribution in [0.1, 0.15) is 62.9 Å². The summed E-state index contributed by atoms with van der Waals surface area (Å²) in [7, 11) is 0. The summed E-state index contributed by atoms with van der Waals surface area (Å²) in [5, 5.41) is 8.47. The number of hydrogen-bond donors (Lipinski definition) is 0. The molecule has 1 saturated heterocycles. The smallest absolute Gasteiger partial charge is 0.274 e. The van der Waals surface area contributed by atoms with Gasteiger partial charge in [-0.25, -0.2) is 0 Å². The highest BCUT2D eigenvalue weighted by Gasteiger charge is 2.19. The molecule has 1 aromatic heterocycles. The lowest BCUT2D eigenvalue weighted by Crippen LogP contribution is -2.33. The van der Waals surface area contributed by atoms with E-state index in [1.807, 2.05) is 17.0 Å². The molecular formula is C17H28N4O. The van der Waals surface area contributed by atoms with E-state index in [1.165, 1.54) is 12.8 Å². The Balaban J connectivity index is 2.04. The first-order valence-electron chi connectivity index (χ1n) is 8.64. The average Bonchev–Trinajstić information content (AvgIpc) is 2.83. The maximum absolute atomic E-state index is 12.5. The molecule has 0 unspecified atom stereocenters. The highest BCUT2D eigenvalue weighted by Crippen LogP contribution is 2.14. The molecule has 0 aliphatic carbocycles. The Morgan fingerprint density at radius 1 is 1.05 bits per heavy atom. The SMILES string of the molecule is CCCN(CCC)c1ccc(C(=O)N2CCCCCC2)nn1. The van der Waals surface area contributed by atoms with Gasteiger partial charge in [0.1, 0.15) is 0 Å². The zero-order chi connectivity index (χ0) is 15.8. The Labute approximate surface area is 133 Å². The second-order valence-corrected chi connectivity index (χ2v) is 5.97. The Hall–Kier alpha value is -1.65. The summed E-state index contributed by atoms with van der Waals surface area (Å²) in [5.41, 5.74) is 0.471. The third-order valence-electron chi connectivity index (χ3n) is 4.07. The van der Waals surface area contributed by atoms with Crippen LogP contribution in [-0.4, -0.2) is 47.2 Å². The van der Waals surface area contributed by atoms with E-state index in [4.69, 9.17) is 0 Å². The van der Waals surface area contributed by atoms with Gasteiger partial charge >= 0.3 is 0 Å². The zero-order valence-electron chi connectivity index (χ0n) is 13.9. The molecule has 1 amide bonds. The third kappa shape index (κ3) is 4.42. The van der Waals surface area contributed by atoms with Crippen molar-refractivity contribution in [2.45, 2.75) is 52.4 Å². The molecule has 0 radical (unpaired) electrons. The fraction of sp³-hybridized carbons (Fsp3) is 0.706. The van der Waals surface area contributed by atoms with Crippen molar-refractivity contribution in [3.05, 3.63) is 17.8 Å². The summed E-state index contributed by atoms with van der Waals surface area (Å²) in [6.45, 7) is 7.96. The van der Waals surface area contributed by atoms with Crippen LogP contribution >= 0.6 is 0 Å². The molecule has 2 heterocycles. The summed E-state index contributed by atoms with van der Waals surface area (Å²) in [5.74, 6) is 0.898. The van der Waals surface area contributed by atoms with Gasteiger partial charge in [-0.1, -0.05) is 26.7 Å². The molecule has 0 aromatic carbocycles. The van der Waals surface area contributed by atoms with E-state index in [1.54, 1.807) is 0 Å². The number of likely N-dealkylation sites (tertiary alicyclic amines) is 1. The van der Waals surface area contributed by atoms with Crippen molar-refractivity contribution in [2.24, 2.45) is 0 Å². The van der Waals surface area contributed by atoms with Crippen molar-refractivity contribution < 1.29 is 4.79 Å². The highest BCUT2D eigenvalue weighted by atomic mass is 16.2. The van der Waals surface area contributed by atoms with Gasteiger partial charge in [-0.15, -0.1) is 10.2 Å². The Bertz CT molecular complexity index is 446. The van der Waals surface area contributed by atoms with Crippen LogP contribution in [0.4, 0.5) is 5.82 Å². The normalized spacial score (nSPS) is 15.5. The highest BCUT2D eigenvalue weighted by molar-refractivity contribution is 5.92. The van der Waals surface area contributed by atoms with E-state index in [-0.39, 0.29) is 5.91 Å². The first kappa shape index (κ1) is 16.7. The van der Waals surface area contributed by atoms with Gasteiger partial charge in [0.25, 0.3) is 5.91 Å². The van der Waals surface area contributed by atoms with E-state index in [0.717, 1.165) is 57.7 Å². The van der Waals surface area contributed by atoms with Gasteiger partial charge in [0, 0.05) is 26.2 Å². The molecular weight excluding hydrogens is 276 g/mol. The van der Waals surface area contributed by atoms with Crippen molar-refractivity contribution in [3.63, 3.8) is 0 Å². The van der Waals surface area contributed by atoms with Crippen LogP contribution < -0.4 is 4.90 Å². The molecule has 0 spiro atoms. The van der Waals surface area contributed by atoms with Crippen molar-refractivity contribution in [3.8, 4) is 0 Å². The predicted molar refractivity (Wildman–Crippen MR) is 89.2 cm³/mol. The van der Waals surface area contributed by atoms with Crippen LogP contribution in [0.5, 0.6) is 0 Å². The van der Waals surface area contributed by atoms with Gasteiger partial charge in [0.05, 0.1) is 0 Å². The zero-order valence-corrected chi connectivity index (χ0v) is 13.9. The van der Waals surface area contributed by atoms with E-state index in [0.29, 0.717) is 5.69 Å². The summed E-state index contributed by atoms with van der Waals surface area (Å²) < 4.78 is 0. The van der Waals surface area contributed by atoms with Gasteiger partial charge in [-0.05, 0) is 37.8 Å². The average molecular weight is 304 g/mol. The van der Waals surface area contributed by atoms with E-state index in [9.17, 15) is 4.79 Å². The Morgan fingerprint density at radius 3 is 2.18 bits per heavy atom. The largest absolute Gasteiger partial charge is 0.355 e. The van der Waals surface area contributed by atoms with Gasteiger partial charge < -0.3 is 9.80 Å². The minimum Gasteiger partial charge on any atom is -0.355 e. The Morgan fingerprint density at radius 2 is 1.68 bits per heavy atom. The maximum Gasteiger partial charge on any atom is 0.274 e. The lowest BCUT2D eigenvalue weighted by Gasteiger charge is -2.22. The van der Waals surface area contributed by atoms with Crippen molar-refractivity contribution in [1.29, 1.82) is 0 Å².